The topological polar surface area (TPSA) is 58.4 Å². The van der Waals surface area contributed by atoms with Crippen LogP contribution in [0.2, 0.25) is 5.02 Å². The number of halogens is 4. The second kappa shape index (κ2) is 7.59. The lowest BCUT2D eigenvalue weighted by Crippen LogP contribution is -2.40. The van der Waals surface area contributed by atoms with Gasteiger partial charge in [0.25, 0.3) is 0 Å². The third-order valence-corrected chi connectivity index (χ3v) is 5.20. The van der Waals surface area contributed by atoms with Crippen LogP contribution >= 0.6 is 11.6 Å². The Morgan fingerprint density at radius 2 is 1.83 bits per heavy atom. The number of rotatable bonds is 2. The number of fused-ring (bicyclic) bond motifs is 1. The maximum atomic E-state index is 12.6. The van der Waals surface area contributed by atoms with Gasteiger partial charge in [0.05, 0.1) is 5.56 Å². The Morgan fingerprint density at radius 1 is 1.14 bits per heavy atom. The fourth-order valence-electron chi connectivity index (χ4n) is 3.37. The van der Waals surface area contributed by atoms with Gasteiger partial charge in [0.2, 0.25) is 0 Å². The van der Waals surface area contributed by atoms with Crippen molar-refractivity contribution in [3.63, 3.8) is 0 Å². The van der Waals surface area contributed by atoms with E-state index in [0.717, 1.165) is 12.1 Å². The molecule has 1 N–H and O–H groups in total. The first-order valence-corrected chi connectivity index (χ1v) is 9.46. The smallest absolute Gasteiger partial charge is 0.416 e. The Bertz CT molecular complexity index is 1030. The van der Waals surface area contributed by atoms with E-state index in [2.05, 4.69) is 10.3 Å². The number of aromatic nitrogens is 1. The lowest BCUT2D eigenvalue weighted by Gasteiger charge is -2.30. The number of hydrogen-bond acceptors (Lipinski definition) is 3. The van der Waals surface area contributed by atoms with Crippen LogP contribution in [0, 0.1) is 0 Å². The summed E-state index contributed by atoms with van der Waals surface area (Å²) >= 11 is 5.98. The van der Waals surface area contributed by atoms with Crippen LogP contribution in [0.1, 0.15) is 30.2 Å². The van der Waals surface area contributed by atoms with Gasteiger partial charge in [-0.05, 0) is 55.3 Å². The van der Waals surface area contributed by atoms with Crippen LogP contribution in [0.3, 0.4) is 0 Å². The Labute approximate surface area is 169 Å². The van der Waals surface area contributed by atoms with E-state index in [-0.39, 0.29) is 11.9 Å². The van der Waals surface area contributed by atoms with Crippen LogP contribution in [0.15, 0.2) is 46.9 Å². The first-order chi connectivity index (χ1) is 13.8. The molecule has 3 aromatic rings. The highest BCUT2D eigenvalue weighted by Crippen LogP contribution is 2.32. The quantitative estimate of drug-likeness (QED) is 0.557. The highest BCUT2D eigenvalue weighted by molar-refractivity contribution is 6.31. The standard InChI is InChI=1S/C20H17ClF3N3O2/c21-14-3-6-17-16(11-14)26-18(29-17)12-7-9-27(10-8-12)19(28)25-15-4-1-13(2-5-15)20(22,23)24/h1-6,11-12H,7-10H2,(H,25,28). The SMILES string of the molecule is O=C(Nc1ccc(C(F)(F)F)cc1)N1CCC(c2nc3cc(Cl)ccc3o2)CC1. The molecule has 9 heteroatoms. The molecule has 1 aliphatic rings. The van der Waals surface area contributed by atoms with E-state index < -0.39 is 11.7 Å². The number of oxazole rings is 1. The monoisotopic (exact) mass is 423 g/mol. The predicted octanol–water partition coefficient (Wildman–Crippen LogP) is 5.91. The van der Waals surface area contributed by atoms with Crippen LogP contribution in [0.5, 0.6) is 0 Å². The summed E-state index contributed by atoms with van der Waals surface area (Å²) in [6.45, 7) is 0.993. The Hall–Kier alpha value is -2.74. The molecular weight excluding hydrogens is 407 g/mol. The molecule has 1 aromatic heterocycles. The fourth-order valence-corrected chi connectivity index (χ4v) is 3.53. The largest absolute Gasteiger partial charge is 0.440 e. The number of nitrogens with zero attached hydrogens (tertiary/aromatic N) is 2. The summed E-state index contributed by atoms with van der Waals surface area (Å²) in [4.78, 5) is 18.5. The molecule has 0 radical (unpaired) electrons. The molecule has 0 spiro atoms. The van der Waals surface area contributed by atoms with Crippen LogP contribution in [-0.2, 0) is 6.18 Å². The van der Waals surface area contributed by atoms with E-state index in [1.54, 1.807) is 23.1 Å². The number of anilines is 1. The fraction of sp³-hybridized carbons (Fsp3) is 0.300. The average molecular weight is 424 g/mol. The van der Waals surface area contributed by atoms with E-state index in [9.17, 15) is 18.0 Å². The second-order valence-corrected chi connectivity index (χ2v) is 7.37. The van der Waals surface area contributed by atoms with Crippen LogP contribution in [-0.4, -0.2) is 29.0 Å². The number of urea groups is 1. The molecule has 4 rings (SSSR count). The van der Waals surface area contributed by atoms with Crippen LogP contribution < -0.4 is 5.32 Å². The summed E-state index contributed by atoms with van der Waals surface area (Å²) in [6.07, 6.45) is -3.04. The number of piperidine rings is 1. The number of carbonyl (C=O) groups is 1. The first kappa shape index (κ1) is 19.6. The van der Waals surface area contributed by atoms with E-state index in [4.69, 9.17) is 16.0 Å². The summed E-state index contributed by atoms with van der Waals surface area (Å²) < 4.78 is 43.7. The highest BCUT2D eigenvalue weighted by Gasteiger charge is 2.30. The number of hydrogen-bond donors (Lipinski definition) is 1. The van der Waals surface area contributed by atoms with Crippen molar-refractivity contribution < 1.29 is 22.4 Å². The average Bonchev–Trinajstić information content (AvgIpc) is 3.11. The molecule has 5 nitrogen and oxygen atoms in total. The molecule has 1 saturated heterocycles. The Kier molecular flexibility index (Phi) is 5.12. The number of benzene rings is 2. The summed E-state index contributed by atoms with van der Waals surface area (Å²) in [5.41, 5.74) is 0.943. The summed E-state index contributed by atoms with van der Waals surface area (Å²) in [5, 5.41) is 3.23. The van der Waals surface area contributed by atoms with Gasteiger partial charge < -0.3 is 14.6 Å². The molecule has 0 aliphatic carbocycles. The molecule has 0 unspecified atom stereocenters. The van der Waals surface area contributed by atoms with Gasteiger partial charge in [0, 0.05) is 29.7 Å². The molecule has 152 valence electrons. The van der Waals surface area contributed by atoms with Crippen molar-refractivity contribution >= 4 is 34.4 Å². The number of carbonyl (C=O) groups excluding carboxylic acids is 1. The van der Waals surface area contributed by atoms with E-state index in [1.165, 1.54) is 12.1 Å². The number of likely N-dealkylation sites (tertiary alicyclic amines) is 1. The lowest BCUT2D eigenvalue weighted by molar-refractivity contribution is -0.137. The van der Waals surface area contributed by atoms with E-state index in [0.29, 0.717) is 53.6 Å². The molecule has 0 atom stereocenters. The molecule has 2 aromatic carbocycles. The van der Waals surface area contributed by atoms with Gasteiger partial charge in [-0.15, -0.1) is 0 Å². The maximum Gasteiger partial charge on any atom is 0.416 e. The third-order valence-electron chi connectivity index (χ3n) is 4.96. The molecule has 0 bridgehead atoms. The Balaban J connectivity index is 1.35. The first-order valence-electron chi connectivity index (χ1n) is 9.09. The van der Waals surface area contributed by atoms with Gasteiger partial charge in [0.1, 0.15) is 5.52 Å². The maximum absolute atomic E-state index is 12.6. The molecule has 2 amide bonds. The number of alkyl halides is 3. The zero-order valence-electron chi connectivity index (χ0n) is 15.2. The molecular formula is C20H17ClF3N3O2. The van der Waals surface area contributed by atoms with Gasteiger partial charge in [-0.1, -0.05) is 11.6 Å². The van der Waals surface area contributed by atoms with Gasteiger partial charge in [-0.25, -0.2) is 9.78 Å². The summed E-state index contributed by atoms with van der Waals surface area (Å²) in [5.74, 6) is 0.723. The Morgan fingerprint density at radius 3 is 2.48 bits per heavy atom. The van der Waals surface area contributed by atoms with Gasteiger partial charge in [0.15, 0.2) is 11.5 Å². The van der Waals surface area contributed by atoms with Crippen molar-refractivity contribution in [1.29, 1.82) is 0 Å². The van der Waals surface area contributed by atoms with E-state index >= 15 is 0 Å². The van der Waals surface area contributed by atoms with Crippen molar-refractivity contribution in [2.75, 3.05) is 18.4 Å². The third kappa shape index (κ3) is 4.32. The molecule has 1 fully saturated rings. The van der Waals surface area contributed by atoms with Crippen molar-refractivity contribution in [3.8, 4) is 0 Å². The second-order valence-electron chi connectivity index (χ2n) is 6.93. The molecule has 2 heterocycles. The summed E-state index contributed by atoms with van der Waals surface area (Å²) in [7, 11) is 0. The number of nitrogens with one attached hydrogen (secondary N) is 1. The minimum absolute atomic E-state index is 0.0938. The van der Waals surface area contributed by atoms with Crippen molar-refractivity contribution in [2.45, 2.75) is 24.9 Å². The van der Waals surface area contributed by atoms with Gasteiger partial charge in [-0.2, -0.15) is 13.2 Å². The van der Waals surface area contributed by atoms with Crippen molar-refractivity contribution in [2.24, 2.45) is 0 Å². The van der Waals surface area contributed by atoms with Gasteiger partial charge in [-0.3, -0.25) is 0 Å². The normalized spacial score (nSPS) is 15.7. The zero-order chi connectivity index (χ0) is 20.6. The minimum Gasteiger partial charge on any atom is -0.440 e. The minimum atomic E-state index is -4.40. The van der Waals surface area contributed by atoms with Crippen LogP contribution in [0.25, 0.3) is 11.1 Å². The number of amides is 2. The van der Waals surface area contributed by atoms with Gasteiger partial charge >= 0.3 is 12.2 Å². The lowest BCUT2D eigenvalue weighted by atomic mass is 9.97. The molecule has 29 heavy (non-hydrogen) atoms. The van der Waals surface area contributed by atoms with E-state index in [1.807, 2.05) is 0 Å². The van der Waals surface area contributed by atoms with Crippen LogP contribution in [0.4, 0.5) is 23.7 Å². The zero-order valence-corrected chi connectivity index (χ0v) is 15.9. The molecule has 1 aliphatic heterocycles. The van der Waals surface area contributed by atoms with Crippen molar-refractivity contribution in [3.05, 3.63) is 58.9 Å². The highest BCUT2D eigenvalue weighted by atomic mass is 35.5. The molecule has 0 saturated carbocycles. The predicted molar refractivity (Wildman–Crippen MR) is 103 cm³/mol. The summed E-state index contributed by atoms with van der Waals surface area (Å²) in [6, 6.07) is 9.31. The van der Waals surface area contributed by atoms with Crippen molar-refractivity contribution in [1.82, 2.24) is 9.88 Å².